The van der Waals surface area contributed by atoms with Gasteiger partial charge in [0.2, 0.25) is 0 Å². The third-order valence-electron chi connectivity index (χ3n) is 3.53. The molecule has 78 valence electrons. The number of Topliss-reactive ketones (excluding diaryl/α,β-unsaturated/α-hetero) is 1. The quantitative estimate of drug-likeness (QED) is 0.672. The van der Waals surface area contributed by atoms with E-state index in [0.29, 0.717) is 22.1 Å². The van der Waals surface area contributed by atoms with Crippen molar-refractivity contribution in [2.24, 2.45) is 11.3 Å². The zero-order valence-electron chi connectivity index (χ0n) is 8.06. The van der Waals surface area contributed by atoms with Crippen LogP contribution in [0, 0.1) is 11.3 Å². The van der Waals surface area contributed by atoms with Crippen LogP contribution in [0.3, 0.4) is 0 Å². The van der Waals surface area contributed by atoms with Crippen LogP contribution in [0.4, 0.5) is 0 Å². The van der Waals surface area contributed by atoms with Crippen molar-refractivity contribution < 1.29 is 4.79 Å². The number of carbonyl (C=O) groups is 1. The maximum Gasteiger partial charge on any atom is 0.134 e. The minimum absolute atomic E-state index is 0.279. The van der Waals surface area contributed by atoms with Crippen molar-refractivity contribution in [2.75, 3.05) is 0 Å². The molecule has 0 radical (unpaired) electrons. The van der Waals surface area contributed by atoms with E-state index < -0.39 is 0 Å². The van der Waals surface area contributed by atoms with Crippen molar-refractivity contribution in [1.82, 2.24) is 0 Å². The Morgan fingerprint density at radius 2 is 2.14 bits per heavy atom. The lowest BCUT2D eigenvalue weighted by molar-refractivity contribution is -0.127. The van der Waals surface area contributed by atoms with Gasteiger partial charge in [0.25, 0.3) is 0 Å². The van der Waals surface area contributed by atoms with Gasteiger partial charge in [-0.3, -0.25) is 4.79 Å². The summed E-state index contributed by atoms with van der Waals surface area (Å²) in [5.41, 5.74) is 0.319. The van der Waals surface area contributed by atoms with Crippen LogP contribution in [0.15, 0.2) is 10.6 Å². The molecule has 1 atom stereocenters. The number of ketones is 1. The van der Waals surface area contributed by atoms with E-state index in [2.05, 4.69) is 0 Å². The van der Waals surface area contributed by atoms with E-state index in [4.69, 9.17) is 23.2 Å². The summed E-state index contributed by atoms with van der Waals surface area (Å²) in [5, 5.41) is 0. The molecule has 1 spiro atoms. The van der Waals surface area contributed by atoms with Crippen molar-refractivity contribution >= 4 is 29.0 Å². The molecule has 0 aromatic carbocycles. The zero-order chi connectivity index (χ0) is 10.2. The van der Waals surface area contributed by atoms with Crippen molar-refractivity contribution in [3.63, 3.8) is 0 Å². The number of halogens is 2. The Morgan fingerprint density at radius 1 is 1.43 bits per heavy atom. The lowest BCUT2D eigenvalue weighted by atomic mass is 9.58. The molecule has 3 heteroatoms. The first-order valence-corrected chi connectivity index (χ1v) is 5.90. The summed E-state index contributed by atoms with van der Waals surface area (Å²) in [6.45, 7) is 0. The fourth-order valence-corrected chi connectivity index (χ4v) is 3.19. The number of carbonyl (C=O) groups excluding carboxylic acids is 1. The fraction of sp³-hybridized carbons (Fsp3) is 0.727. The lowest BCUT2D eigenvalue weighted by Gasteiger charge is -2.46. The van der Waals surface area contributed by atoms with Crippen LogP contribution in [0.1, 0.15) is 38.5 Å². The second-order valence-corrected chi connectivity index (χ2v) is 5.70. The van der Waals surface area contributed by atoms with Crippen LogP contribution in [0.2, 0.25) is 0 Å². The second-order valence-electron chi connectivity index (χ2n) is 4.69. The molecule has 0 N–H and O–H groups in total. The third-order valence-corrected chi connectivity index (χ3v) is 3.79. The molecule has 1 nitrogen and oxygen atoms in total. The Hall–Kier alpha value is -0.0100. The largest absolute Gasteiger partial charge is 0.300 e. The van der Waals surface area contributed by atoms with E-state index in [0.717, 1.165) is 12.8 Å². The van der Waals surface area contributed by atoms with Gasteiger partial charge in [0.05, 0.1) is 0 Å². The molecule has 0 amide bonds. The monoisotopic (exact) mass is 232 g/mol. The second kappa shape index (κ2) is 3.86. The molecule has 0 bridgehead atoms. The summed E-state index contributed by atoms with van der Waals surface area (Å²) in [5.74, 6) is 0.660. The average Bonchev–Trinajstić information content (AvgIpc) is 1.98. The van der Waals surface area contributed by atoms with Crippen molar-refractivity contribution in [1.29, 1.82) is 0 Å². The van der Waals surface area contributed by atoms with Crippen LogP contribution in [0.25, 0.3) is 0 Å². The molecule has 2 rings (SSSR count). The fourth-order valence-electron chi connectivity index (χ4n) is 2.84. The highest BCUT2D eigenvalue weighted by atomic mass is 35.5. The molecule has 2 aliphatic rings. The van der Waals surface area contributed by atoms with Crippen LogP contribution in [-0.2, 0) is 4.79 Å². The van der Waals surface area contributed by atoms with Gasteiger partial charge >= 0.3 is 0 Å². The lowest BCUT2D eigenvalue weighted by Crippen LogP contribution is -2.38. The average molecular weight is 233 g/mol. The maximum atomic E-state index is 11.5. The van der Waals surface area contributed by atoms with Gasteiger partial charge < -0.3 is 0 Å². The predicted octanol–water partition coefficient (Wildman–Crippen LogP) is 3.84. The highest BCUT2D eigenvalue weighted by molar-refractivity contribution is 6.55. The summed E-state index contributed by atoms with van der Waals surface area (Å²) >= 11 is 11.3. The molecule has 0 aromatic rings. The van der Waals surface area contributed by atoms with E-state index in [1.54, 1.807) is 0 Å². The molecule has 2 fully saturated rings. The van der Waals surface area contributed by atoms with Crippen LogP contribution in [-0.4, -0.2) is 5.78 Å². The van der Waals surface area contributed by atoms with Crippen LogP contribution >= 0.6 is 23.2 Å². The van der Waals surface area contributed by atoms with Crippen LogP contribution in [0.5, 0.6) is 0 Å². The van der Waals surface area contributed by atoms with E-state index >= 15 is 0 Å². The highest BCUT2D eigenvalue weighted by Gasteiger charge is 2.43. The van der Waals surface area contributed by atoms with Crippen molar-refractivity contribution in [3.8, 4) is 0 Å². The molecule has 0 heterocycles. The molecule has 0 saturated heterocycles. The highest BCUT2D eigenvalue weighted by Crippen LogP contribution is 2.52. The predicted molar refractivity (Wildman–Crippen MR) is 58.4 cm³/mol. The maximum absolute atomic E-state index is 11.5. The number of hydrogen-bond acceptors (Lipinski definition) is 1. The smallest absolute Gasteiger partial charge is 0.134 e. The first-order valence-electron chi connectivity index (χ1n) is 5.14. The number of hydrogen-bond donors (Lipinski definition) is 0. The topological polar surface area (TPSA) is 17.1 Å². The Labute approximate surface area is 94.5 Å². The van der Waals surface area contributed by atoms with E-state index in [1.165, 1.54) is 19.3 Å². The third kappa shape index (κ3) is 2.14. The van der Waals surface area contributed by atoms with Crippen molar-refractivity contribution in [2.45, 2.75) is 38.5 Å². The van der Waals surface area contributed by atoms with Crippen molar-refractivity contribution in [3.05, 3.63) is 10.6 Å². The van der Waals surface area contributed by atoms with Gasteiger partial charge in [0.15, 0.2) is 0 Å². The standard InChI is InChI=1S/C11H14Cl2O/c12-10(13)5-8-4-9(14)7-11(6-8)2-1-3-11/h5,8H,1-4,6-7H2. The molecule has 0 aromatic heterocycles. The molecule has 2 saturated carbocycles. The van der Waals surface area contributed by atoms with E-state index in [9.17, 15) is 4.79 Å². The Balaban J connectivity index is 2.06. The molecule has 2 aliphatic carbocycles. The molecular weight excluding hydrogens is 219 g/mol. The first-order chi connectivity index (χ1) is 6.60. The summed E-state index contributed by atoms with van der Waals surface area (Å²) in [6, 6.07) is 0. The van der Waals surface area contributed by atoms with Crippen LogP contribution < -0.4 is 0 Å². The minimum Gasteiger partial charge on any atom is -0.300 e. The normalized spacial score (nSPS) is 29.9. The minimum atomic E-state index is 0.279. The van der Waals surface area contributed by atoms with Gasteiger partial charge in [-0.2, -0.15) is 0 Å². The van der Waals surface area contributed by atoms with Gasteiger partial charge in [-0.25, -0.2) is 0 Å². The van der Waals surface area contributed by atoms with E-state index in [1.807, 2.05) is 6.08 Å². The Bertz CT molecular complexity index is 275. The number of allylic oxidation sites excluding steroid dienone is 1. The van der Waals surface area contributed by atoms with E-state index in [-0.39, 0.29) is 5.92 Å². The summed E-state index contributed by atoms with van der Waals surface area (Å²) in [4.78, 5) is 11.5. The Kier molecular flexibility index (Phi) is 2.90. The van der Waals surface area contributed by atoms with Gasteiger partial charge in [-0.05, 0) is 30.6 Å². The summed E-state index contributed by atoms with van der Waals surface area (Å²) in [7, 11) is 0. The first kappa shape index (κ1) is 10.5. The Morgan fingerprint density at radius 3 is 2.64 bits per heavy atom. The molecular formula is C11H14Cl2O. The zero-order valence-corrected chi connectivity index (χ0v) is 9.57. The van der Waals surface area contributed by atoms with Gasteiger partial charge in [-0.15, -0.1) is 0 Å². The molecule has 0 aliphatic heterocycles. The number of rotatable bonds is 1. The van der Waals surface area contributed by atoms with Gasteiger partial charge in [0.1, 0.15) is 10.3 Å². The molecule has 1 unspecified atom stereocenters. The summed E-state index contributed by atoms with van der Waals surface area (Å²) in [6.07, 6.45) is 8.05. The van der Waals surface area contributed by atoms with Gasteiger partial charge in [0, 0.05) is 12.8 Å². The van der Waals surface area contributed by atoms with Gasteiger partial charge in [-0.1, -0.05) is 35.7 Å². The molecule has 14 heavy (non-hydrogen) atoms. The SMILES string of the molecule is O=C1CC(C=C(Cl)Cl)CC2(CCC2)C1. The summed E-state index contributed by atoms with van der Waals surface area (Å²) < 4.78 is 0.305.